The van der Waals surface area contributed by atoms with E-state index in [0.717, 1.165) is 17.1 Å². The standard InChI is InChI=1S/C20H29N3O4/c1-12-8-19(4,5)11-20(9-12)17(25)23(18(26)22-20)10-16(24)21-14(3)15-7-6-13(2)27-15/h6-7,12,14H,8-11H2,1-5H3,(H,21,24)(H,22,26). The van der Waals surface area contributed by atoms with Crippen LogP contribution >= 0.6 is 0 Å². The van der Waals surface area contributed by atoms with Gasteiger partial charge in [0.1, 0.15) is 23.6 Å². The van der Waals surface area contributed by atoms with Crippen LogP contribution in [0.5, 0.6) is 0 Å². The zero-order valence-electron chi connectivity index (χ0n) is 16.7. The minimum Gasteiger partial charge on any atom is -0.464 e. The van der Waals surface area contributed by atoms with Gasteiger partial charge in [-0.3, -0.25) is 14.5 Å². The van der Waals surface area contributed by atoms with Gasteiger partial charge in [0.2, 0.25) is 5.91 Å². The van der Waals surface area contributed by atoms with Gasteiger partial charge in [0.05, 0.1) is 6.04 Å². The highest BCUT2D eigenvalue weighted by atomic mass is 16.3. The molecule has 0 aromatic carbocycles. The number of hydrogen-bond acceptors (Lipinski definition) is 4. The lowest BCUT2D eigenvalue weighted by Crippen LogP contribution is -2.54. The molecule has 27 heavy (non-hydrogen) atoms. The summed E-state index contributed by atoms with van der Waals surface area (Å²) in [6, 6.07) is 2.80. The van der Waals surface area contributed by atoms with Crippen molar-refractivity contribution in [3.8, 4) is 0 Å². The maximum absolute atomic E-state index is 13.1. The molecule has 1 aromatic rings. The summed E-state index contributed by atoms with van der Waals surface area (Å²) in [4.78, 5) is 39.0. The first-order valence-electron chi connectivity index (χ1n) is 9.51. The number of carbonyl (C=O) groups is 3. The van der Waals surface area contributed by atoms with E-state index in [1.807, 2.05) is 13.0 Å². The molecule has 3 atom stereocenters. The molecule has 1 aromatic heterocycles. The molecule has 1 spiro atoms. The van der Waals surface area contributed by atoms with Crippen molar-refractivity contribution in [2.24, 2.45) is 11.3 Å². The number of furan rings is 1. The fourth-order valence-electron chi connectivity index (χ4n) is 4.84. The van der Waals surface area contributed by atoms with Gasteiger partial charge in [-0.25, -0.2) is 4.79 Å². The minimum atomic E-state index is -0.887. The van der Waals surface area contributed by atoms with Gasteiger partial charge in [-0.2, -0.15) is 0 Å². The molecule has 3 rings (SSSR count). The molecule has 2 fully saturated rings. The summed E-state index contributed by atoms with van der Waals surface area (Å²) in [7, 11) is 0. The Morgan fingerprint density at radius 1 is 1.37 bits per heavy atom. The third-order valence-corrected chi connectivity index (χ3v) is 5.49. The number of urea groups is 1. The van der Waals surface area contributed by atoms with Crippen molar-refractivity contribution < 1.29 is 18.8 Å². The van der Waals surface area contributed by atoms with Gasteiger partial charge >= 0.3 is 6.03 Å². The van der Waals surface area contributed by atoms with Gasteiger partial charge in [-0.15, -0.1) is 0 Å². The molecule has 2 heterocycles. The Kier molecular flexibility index (Phi) is 4.82. The Hall–Kier alpha value is -2.31. The molecule has 2 N–H and O–H groups in total. The third kappa shape index (κ3) is 3.87. The van der Waals surface area contributed by atoms with E-state index in [1.54, 1.807) is 13.0 Å². The van der Waals surface area contributed by atoms with Crippen molar-refractivity contribution in [2.75, 3.05) is 6.54 Å². The van der Waals surface area contributed by atoms with Crippen LogP contribution in [0.2, 0.25) is 0 Å². The fourth-order valence-corrected chi connectivity index (χ4v) is 4.84. The average molecular weight is 375 g/mol. The molecule has 2 aliphatic rings. The van der Waals surface area contributed by atoms with Crippen molar-refractivity contribution in [2.45, 2.75) is 65.5 Å². The van der Waals surface area contributed by atoms with Crippen LogP contribution in [0.4, 0.5) is 4.79 Å². The molecular formula is C20H29N3O4. The predicted octanol–water partition coefficient (Wildman–Crippen LogP) is 2.90. The first-order valence-corrected chi connectivity index (χ1v) is 9.51. The predicted molar refractivity (Wildman–Crippen MR) is 99.8 cm³/mol. The zero-order chi connectivity index (χ0) is 20.0. The highest BCUT2D eigenvalue weighted by molar-refractivity contribution is 6.09. The number of nitrogens with zero attached hydrogens (tertiary/aromatic N) is 1. The number of amides is 4. The topological polar surface area (TPSA) is 91.7 Å². The van der Waals surface area contributed by atoms with E-state index in [1.165, 1.54) is 0 Å². The van der Waals surface area contributed by atoms with E-state index in [4.69, 9.17) is 4.42 Å². The van der Waals surface area contributed by atoms with Gasteiger partial charge in [-0.05, 0) is 56.6 Å². The number of rotatable bonds is 4. The number of imide groups is 1. The number of nitrogens with one attached hydrogen (secondary N) is 2. The Morgan fingerprint density at radius 3 is 2.67 bits per heavy atom. The van der Waals surface area contributed by atoms with E-state index < -0.39 is 11.6 Å². The summed E-state index contributed by atoms with van der Waals surface area (Å²) < 4.78 is 5.51. The van der Waals surface area contributed by atoms with Crippen LogP contribution in [0.3, 0.4) is 0 Å². The van der Waals surface area contributed by atoms with E-state index >= 15 is 0 Å². The summed E-state index contributed by atoms with van der Waals surface area (Å²) in [5.74, 6) is 1.05. The molecule has 0 bridgehead atoms. The molecule has 1 aliphatic heterocycles. The van der Waals surface area contributed by atoms with Crippen LogP contribution in [0.15, 0.2) is 16.5 Å². The summed E-state index contributed by atoms with van der Waals surface area (Å²) in [5, 5.41) is 5.68. The molecule has 1 saturated heterocycles. The summed E-state index contributed by atoms with van der Waals surface area (Å²) in [6.07, 6.45) is 2.22. The van der Waals surface area contributed by atoms with Gasteiger partial charge in [0.25, 0.3) is 5.91 Å². The van der Waals surface area contributed by atoms with Crippen LogP contribution in [0, 0.1) is 18.3 Å². The second kappa shape index (κ2) is 6.69. The van der Waals surface area contributed by atoms with Crippen molar-refractivity contribution >= 4 is 17.8 Å². The van der Waals surface area contributed by atoms with E-state index in [2.05, 4.69) is 31.4 Å². The summed E-state index contributed by atoms with van der Waals surface area (Å²) >= 11 is 0. The van der Waals surface area contributed by atoms with E-state index in [9.17, 15) is 14.4 Å². The second-order valence-electron chi connectivity index (χ2n) is 9.00. The molecule has 7 heteroatoms. The van der Waals surface area contributed by atoms with Gasteiger partial charge in [0.15, 0.2) is 0 Å². The SMILES string of the molecule is Cc1ccc(C(C)NC(=O)CN2C(=O)NC3(CC(C)CC(C)(C)C3)C2=O)o1. The Labute approximate surface area is 159 Å². The van der Waals surface area contributed by atoms with Crippen LogP contribution in [-0.2, 0) is 9.59 Å². The van der Waals surface area contributed by atoms with Crippen molar-refractivity contribution in [1.82, 2.24) is 15.5 Å². The molecule has 4 amide bonds. The van der Waals surface area contributed by atoms with E-state index in [-0.39, 0.29) is 29.8 Å². The summed E-state index contributed by atoms with van der Waals surface area (Å²) in [5.41, 5.74) is -0.924. The Balaban J connectivity index is 1.68. The van der Waals surface area contributed by atoms with Crippen LogP contribution in [-0.4, -0.2) is 34.8 Å². The molecule has 3 unspecified atom stereocenters. The third-order valence-electron chi connectivity index (χ3n) is 5.49. The lowest BCUT2D eigenvalue weighted by Gasteiger charge is -2.43. The van der Waals surface area contributed by atoms with Crippen molar-refractivity contribution in [1.29, 1.82) is 0 Å². The van der Waals surface area contributed by atoms with E-state index in [0.29, 0.717) is 24.5 Å². The maximum Gasteiger partial charge on any atom is 0.325 e. The Bertz CT molecular complexity index is 769. The number of hydrogen-bond donors (Lipinski definition) is 2. The molecule has 148 valence electrons. The number of aryl methyl sites for hydroxylation is 1. The molecule has 7 nitrogen and oxygen atoms in total. The lowest BCUT2D eigenvalue weighted by atomic mass is 9.64. The highest BCUT2D eigenvalue weighted by Gasteiger charge is 2.56. The quantitative estimate of drug-likeness (QED) is 0.792. The van der Waals surface area contributed by atoms with Crippen LogP contribution < -0.4 is 10.6 Å². The van der Waals surface area contributed by atoms with Gasteiger partial charge in [0, 0.05) is 0 Å². The average Bonchev–Trinajstić information content (AvgIpc) is 3.03. The molecule has 1 saturated carbocycles. The monoisotopic (exact) mass is 375 g/mol. The molecule has 0 radical (unpaired) electrons. The first-order chi connectivity index (χ1) is 12.5. The molecule has 1 aliphatic carbocycles. The normalized spacial score (nSPS) is 28.3. The van der Waals surface area contributed by atoms with Crippen molar-refractivity contribution in [3.63, 3.8) is 0 Å². The fraction of sp³-hybridized carbons (Fsp3) is 0.650. The second-order valence-corrected chi connectivity index (χ2v) is 9.00. The van der Waals surface area contributed by atoms with Crippen LogP contribution in [0.1, 0.15) is 64.5 Å². The van der Waals surface area contributed by atoms with Gasteiger partial charge in [-0.1, -0.05) is 20.8 Å². The first kappa shape index (κ1) is 19.5. The van der Waals surface area contributed by atoms with Crippen LogP contribution in [0.25, 0.3) is 0 Å². The molecular weight excluding hydrogens is 346 g/mol. The number of carbonyl (C=O) groups excluding carboxylic acids is 3. The zero-order valence-corrected chi connectivity index (χ0v) is 16.7. The Morgan fingerprint density at radius 2 is 2.07 bits per heavy atom. The largest absolute Gasteiger partial charge is 0.464 e. The minimum absolute atomic E-state index is 0.0372. The smallest absolute Gasteiger partial charge is 0.325 e. The summed E-state index contributed by atoms with van der Waals surface area (Å²) in [6.45, 7) is 9.68. The maximum atomic E-state index is 13.1. The lowest BCUT2D eigenvalue weighted by molar-refractivity contribution is -0.137. The van der Waals surface area contributed by atoms with Gasteiger partial charge < -0.3 is 15.1 Å². The highest BCUT2D eigenvalue weighted by Crippen LogP contribution is 2.46. The van der Waals surface area contributed by atoms with Crippen molar-refractivity contribution in [3.05, 3.63) is 23.7 Å².